The van der Waals surface area contributed by atoms with Crippen molar-refractivity contribution in [1.29, 1.82) is 0 Å². The fourth-order valence-electron chi connectivity index (χ4n) is 0.397. The molecule has 0 N–H and O–H groups in total. The van der Waals surface area contributed by atoms with Crippen molar-refractivity contribution in [2.24, 2.45) is 10.2 Å². The van der Waals surface area contributed by atoms with Gasteiger partial charge in [0.05, 0.1) is 11.9 Å². The minimum absolute atomic E-state index is 0.681. The number of nitrogens with zero attached hydrogens (tertiary/aromatic N) is 2. The van der Waals surface area contributed by atoms with Crippen molar-refractivity contribution >= 4 is 0 Å². The molecule has 0 amide bonds. The number of azo groups is 1. The van der Waals surface area contributed by atoms with Crippen LogP contribution >= 0.6 is 0 Å². The van der Waals surface area contributed by atoms with E-state index in [9.17, 15) is 0 Å². The van der Waals surface area contributed by atoms with Crippen LogP contribution in [0.15, 0.2) is 59.1 Å². The van der Waals surface area contributed by atoms with Gasteiger partial charge < -0.3 is 0 Å². The maximum atomic E-state index is 3.76. The van der Waals surface area contributed by atoms with Crippen molar-refractivity contribution in [3.05, 3.63) is 48.9 Å². The Bertz CT molecular complexity index is 257. The van der Waals surface area contributed by atoms with E-state index in [0.717, 1.165) is 11.1 Å². The molecule has 0 fully saturated rings. The van der Waals surface area contributed by atoms with E-state index >= 15 is 0 Å². The third-order valence-corrected chi connectivity index (χ3v) is 1.12. The zero-order valence-electron chi connectivity index (χ0n) is 7.67. The Morgan fingerprint density at radius 2 is 1.75 bits per heavy atom. The van der Waals surface area contributed by atoms with E-state index in [1.807, 2.05) is 6.92 Å². The van der Waals surface area contributed by atoms with Gasteiger partial charge in [-0.2, -0.15) is 10.2 Å². The molecule has 0 bridgehead atoms. The van der Waals surface area contributed by atoms with Crippen molar-refractivity contribution in [2.45, 2.75) is 13.8 Å². The summed E-state index contributed by atoms with van der Waals surface area (Å²) < 4.78 is 0. The quantitative estimate of drug-likeness (QED) is 0.445. The third-order valence-electron chi connectivity index (χ3n) is 1.12. The molecule has 0 atom stereocenters. The van der Waals surface area contributed by atoms with Crippen LogP contribution < -0.4 is 0 Å². The second kappa shape index (κ2) is 5.24. The van der Waals surface area contributed by atoms with E-state index in [0.29, 0.717) is 5.70 Å². The standard InChI is InChI=1S/C10H14N2/c1-8(2)10(5)6-7-11-12-9(3)4/h6-7H,1,3,5H2,2,4H3. The summed E-state index contributed by atoms with van der Waals surface area (Å²) in [4.78, 5) is 0. The van der Waals surface area contributed by atoms with Crippen LogP contribution in [0.2, 0.25) is 0 Å². The predicted octanol–water partition coefficient (Wildman–Crippen LogP) is 3.62. The van der Waals surface area contributed by atoms with Crippen LogP contribution in [0.5, 0.6) is 0 Å². The molecule has 2 heteroatoms. The van der Waals surface area contributed by atoms with Gasteiger partial charge in [0.25, 0.3) is 0 Å². The van der Waals surface area contributed by atoms with E-state index in [-0.39, 0.29) is 0 Å². The van der Waals surface area contributed by atoms with Gasteiger partial charge in [0, 0.05) is 0 Å². The fraction of sp³-hybridized carbons (Fsp3) is 0.200. The molecule has 0 aliphatic heterocycles. The maximum Gasteiger partial charge on any atom is 0.0528 e. The Balaban J connectivity index is 4.01. The van der Waals surface area contributed by atoms with Crippen LogP contribution in [0.4, 0.5) is 0 Å². The molecule has 2 nitrogen and oxygen atoms in total. The largest absolute Gasteiger partial charge is 0.159 e. The first kappa shape index (κ1) is 10.6. The number of allylic oxidation sites excluding steroid dienone is 4. The monoisotopic (exact) mass is 162 g/mol. The van der Waals surface area contributed by atoms with Crippen LogP contribution in [0.1, 0.15) is 13.8 Å². The van der Waals surface area contributed by atoms with Crippen molar-refractivity contribution in [3.8, 4) is 0 Å². The first-order valence-electron chi connectivity index (χ1n) is 3.61. The fourth-order valence-corrected chi connectivity index (χ4v) is 0.397. The summed E-state index contributed by atoms with van der Waals surface area (Å²) in [6.45, 7) is 14.7. The minimum Gasteiger partial charge on any atom is -0.159 e. The smallest absolute Gasteiger partial charge is 0.0528 e. The van der Waals surface area contributed by atoms with E-state index in [1.165, 1.54) is 0 Å². The Morgan fingerprint density at radius 3 is 2.17 bits per heavy atom. The molecule has 0 aromatic carbocycles. The first-order chi connectivity index (χ1) is 5.54. The lowest BCUT2D eigenvalue weighted by molar-refractivity contribution is 1.13. The SMILES string of the molecule is C=C(C)N=NC=CC(=C)C(=C)C. The van der Waals surface area contributed by atoms with Crippen LogP contribution in [-0.2, 0) is 0 Å². The highest BCUT2D eigenvalue weighted by Gasteiger charge is 1.84. The van der Waals surface area contributed by atoms with Crippen LogP contribution in [0, 0.1) is 0 Å². The zero-order chi connectivity index (χ0) is 9.56. The predicted molar refractivity (Wildman–Crippen MR) is 52.8 cm³/mol. The minimum atomic E-state index is 0.681. The summed E-state index contributed by atoms with van der Waals surface area (Å²) in [5.41, 5.74) is 2.47. The van der Waals surface area contributed by atoms with E-state index in [2.05, 4.69) is 30.0 Å². The molecule has 64 valence electrons. The Morgan fingerprint density at radius 1 is 1.17 bits per heavy atom. The topological polar surface area (TPSA) is 24.7 Å². The van der Waals surface area contributed by atoms with E-state index in [1.54, 1.807) is 19.2 Å². The number of rotatable bonds is 4. The van der Waals surface area contributed by atoms with Crippen LogP contribution in [0.25, 0.3) is 0 Å². The summed E-state index contributed by atoms with van der Waals surface area (Å²) in [5, 5.41) is 7.47. The molecule has 0 saturated carbocycles. The summed E-state index contributed by atoms with van der Waals surface area (Å²) in [7, 11) is 0. The summed E-state index contributed by atoms with van der Waals surface area (Å²) in [6.07, 6.45) is 3.33. The molecule has 0 radical (unpaired) electrons. The Hall–Kier alpha value is -1.44. The van der Waals surface area contributed by atoms with Gasteiger partial charge in [-0.25, -0.2) is 0 Å². The summed E-state index contributed by atoms with van der Waals surface area (Å²) in [5.74, 6) is 0. The van der Waals surface area contributed by atoms with Crippen LogP contribution in [0.3, 0.4) is 0 Å². The van der Waals surface area contributed by atoms with Gasteiger partial charge in [-0.3, -0.25) is 0 Å². The van der Waals surface area contributed by atoms with Crippen molar-refractivity contribution in [3.63, 3.8) is 0 Å². The molecule has 0 aliphatic rings. The van der Waals surface area contributed by atoms with Gasteiger partial charge >= 0.3 is 0 Å². The highest BCUT2D eigenvalue weighted by Crippen LogP contribution is 2.04. The van der Waals surface area contributed by atoms with Gasteiger partial charge in [-0.15, -0.1) is 0 Å². The molecular formula is C10H14N2. The second-order valence-corrected chi connectivity index (χ2v) is 2.57. The first-order valence-corrected chi connectivity index (χ1v) is 3.61. The molecule has 0 aromatic heterocycles. The molecule has 0 aromatic rings. The van der Waals surface area contributed by atoms with Crippen molar-refractivity contribution in [1.82, 2.24) is 0 Å². The van der Waals surface area contributed by atoms with Gasteiger partial charge in [-0.05, 0) is 25.5 Å². The molecule has 0 rings (SSSR count). The molecule has 0 aliphatic carbocycles. The molecular weight excluding hydrogens is 148 g/mol. The average molecular weight is 162 g/mol. The summed E-state index contributed by atoms with van der Waals surface area (Å²) >= 11 is 0. The second-order valence-electron chi connectivity index (χ2n) is 2.57. The molecule has 0 unspecified atom stereocenters. The highest BCUT2D eigenvalue weighted by molar-refractivity contribution is 5.33. The summed E-state index contributed by atoms with van der Waals surface area (Å²) in [6, 6.07) is 0. The van der Waals surface area contributed by atoms with Crippen molar-refractivity contribution in [2.75, 3.05) is 0 Å². The van der Waals surface area contributed by atoms with E-state index in [4.69, 9.17) is 0 Å². The molecule has 12 heavy (non-hydrogen) atoms. The Labute approximate surface area is 73.7 Å². The van der Waals surface area contributed by atoms with Gasteiger partial charge in [0.2, 0.25) is 0 Å². The van der Waals surface area contributed by atoms with Gasteiger partial charge in [0.1, 0.15) is 0 Å². The van der Waals surface area contributed by atoms with Crippen molar-refractivity contribution < 1.29 is 0 Å². The number of hydrogen-bond acceptors (Lipinski definition) is 2. The molecule has 0 saturated heterocycles. The lowest BCUT2D eigenvalue weighted by Gasteiger charge is -1.92. The van der Waals surface area contributed by atoms with Gasteiger partial charge in [0.15, 0.2) is 0 Å². The highest BCUT2D eigenvalue weighted by atomic mass is 15.1. The lowest BCUT2D eigenvalue weighted by atomic mass is 10.2. The molecule has 0 heterocycles. The maximum absolute atomic E-state index is 3.76. The average Bonchev–Trinajstić information content (AvgIpc) is 1.97. The normalized spacial score (nSPS) is 10.8. The number of hydrogen-bond donors (Lipinski definition) is 0. The third kappa shape index (κ3) is 5.35. The molecule has 0 spiro atoms. The van der Waals surface area contributed by atoms with E-state index < -0.39 is 0 Å². The Kier molecular flexibility index (Phi) is 4.61. The lowest BCUT2D eigenvalue weighted by Crippen LogP contribution is -1.72. The zero-order valence-corrected chi connectivity index (χ0v) is 7.67. The van der Waals surface area contributed by atoms with Crippen LogP contribution in [-0.4, -0.2) is 0 Å². The van der Waals surface area contributed by atoms with Gasteiger partial charge in [-0.1, -0.05) is 25.3 Å².